The van der Waals surface area contributed by atoms with Crippen molar-refractivity contribution in [1.82, 2.24) is 5.43 Å². The van der Waals surface area contributed by atoms with Gasteiger partial charge in [-0.15, -0.1) is 0 Å². The van der Waals surface area contributed by atoms with Gasteiger partial charge in [0.15, 0.2) is 11.5 Å². The monoisotopic (exact) mass is 368 g/mol. The molecule has 0 aliphatic carbocycles. The minimum absolute atomic E-state index is 0.141. The summed E-state index contributed by atoms with van der Waals surface area (Å²) in [6.45, 7) is 10.9. The van der Waals surface area contributed by atoms with Gasteiger partial charge in [0, 0.05) is 5.56 Å². The van der Waals surface area contributed by atoms with Crippen LogP contribution in [0.3, 0.4) is 0 Å². The summed E-state index contributed by atoms with van der Waals surface area (Å²) >= 11 is 0. The van der Waals surface area contributed by atoms with Gasteiger partial charge in [-0.3, -0.25) is 4.79 Å². The number of hydrogen-bond donors (Lipinski definition) is 1. The lowest BCUT2D eigenvalue weighted by Gasteiger charge is -2.12. The predicted molar refractivity (Wildman–Crippen MR) is 109 cm³/mol. The molecule has 2 aromatic rings. The Morgan fingerprint density at radius 1 is 1.00 bits per heavy atom. The Morgan fingerprint density at radius 2 is 1.70 bits per heavy atom. The maximum atomic E-state index is 12.2. The second kappa shape index (κ2) is 9.76. The number of benzene rings is 2. The van der Waals surface area contributed by atoms with Crippen molar-refractivity contribution in [3.63, 3.8) is 0 Å². The summed E-state index contributed by atoms with van der Waals surface area (Å²) in [5, 5.41) is 4.24. The molecule has 0 heterocycles. The van der Waals surface area contributed by atoms with Crippen molar-refractivity contribution >= 4 is 11.6 Å². The Bertz CT molecular complexity index is 828. The number of hydrazone groups is 1. The molecule has 5 heteroatoms. The fourth-order valence-corrected chi connectivity index (χ4v) is 2.74. The van der Waals surface area contributed by atoms with Crippen LogP contribution in [0.15, 0.2) is 41.5 Å². The average molecular weight is 368 g/mol. The second-order valence-electron chi connectivity index (χ2n) is 6.37. The summed E-state index contributed by atoms with van der Waals surface area (Å²) in [5.74, 6) is 1.24. The van der Waals surface area contributed by atoms with Gasteiger partial charge in [0.1, 0.15) is 0 Å². The number of nitrogens with zero attached hydrogens (tertiary/aromatic N) is 1. The summed E-state index contributed by atoms with van der Waals surface area (Å²) in [5.41, 5.74) is 7.51. The SMILES string of the molecule is CCOc1ccc(/C(C)=N\NC(=O)Cc2ccc(C)cc2C)cc1OCC. The Hall–Kier alpha value is -2.82. The molecule has 0 radical (unpaired) electrons. The number of amides is 1. The Morgan fingerprint density at radius 3 is 2.37 bits per heavy atom. The standard InChI is InChI=1S/C22H28N2O3/c1-6-26-20-11-10-19(13-21(20)27-7-2)17(5)23-24-22(25)14-18-9-8-15(3)12-16(18)4/h8-13H,6-7,14H2,1-5H3,(H,24,25)/b23-17-. The van der Waals surface area contributed by atoms with E-state index in [2.05, 4.69) is 16.6 Å². The van der Waals surface area contributed by atoms with Gasteiger partial charge >= 0.3 is 0 Å². The number of aryl methyl sites for hydroxylation is 2. The summed E-state index contributed by atoms with van der Waals surface area (Å²) in [6.07, 6.45) is 0.302. The summed E-state index contributed by atoms with van der Waals surface area (Å²) < 4.78 is 11.2. The number of rotatable bonds is 8. The van der Waals surface area contributed by atoms with Crippen LogP contribution in [0.25, 0.3) is 0 Å². The molecular formula is C22H28N2O3. The van der Waals surface area contributed by atoms with Gasteiger partial charge in [0.2, 0.25) is 5.91 Å². The maximum absolute atomic E-state index is 12.2. The van der Waals surface area contributed by atoms with Gasteiger partial charge in [-0.1, -0.05) is 23.8 Å². The molecule has 0 bridgehead atoms. The van der Waals surface area contributed by atoms with Crippen molar-refractivity contribution in [2.75, 3.05) is 13.2 Å². The Balaban J connectivity index is 2.07. The van der Waals surface area contributed by atoms with Crippen molar-refractivity contribution in [2.24, 2.45) is 5.10 Å². The molecule has 0 spiro atoms. The first-order valence-electron chi connectivity index (χ1n) is 9.23. The Kier molecular flexibility index (Phi) is 7.41. The topological polar surface area (TPSA) is 59.9 Å². The van der Waals surface area contributed by atoms with Crippen LogP contribution in [-0.4, -0.2) is 24.8 Å². The average Bonchev–Trinajstić information content (AvgIpc) is 2.64. The molecular weight excluding hydrogens is 340 g/mol. The molecule has 1 N–H and O–H groups in total. The van der Waals surface area contributed by atoms with Gasteiger partial charge in [0.05, 0.1) is 25.3 Å². The smallest absolute Gasteiger partial charge is 0.244 e. The molecule has 5 nitrogen and oxygen atoms in total. The van der Waals surface area contributed by atoms with E-state index in [4.69, 9.17) is 9.47 Å². The van der Waals surface area contributed by atoms with Crippen molar-refractivity contribution in [3.05, 3.63) is 58.7 Å². The summed E-state index contributed by atoms with van der Waals surface area (Å²) in [4.78, 5) is 12.2. The molecule has 0 saturated heterocycles. The molecule has 0 aliphatic rings. The van der Waals surface area contributed by atoms with Crippen LogP contribution in [0.4, 0.5) is 0 Å². The minimum atomic E-state index is -0.141. The lowest BCUT2D eigenvalue weighted by Crippen LogP contribution is -2.21. The lowest BCUT2D eigenvalue weighted by atomic mass is 10.0. The van der Waals surface area contributed by atoms with E-state index in [1.54, 1.807) is 0 Å². The third-order valence-electron chi connectivity index (χ3n) is 4.16. The number of nitrogens with one attached hydrogen (secondary N) is 1. The number of hydrogen-bond acceptors (Lipinski definition) is 4. The van der Waals surface area contributed by atoms with Crippen LogP contribution in [0.5, 0.6) is 11.5 Å². The van der Waals surface area contributed by atoms with Crippen LogP contribution in [0, 0.1) is 13.8 Å². The normalized spacial score (nSPS) is 11.2. The van der Waals surface area contributed by atoms with E-state index in [0.717, 1.165) is 16.7 Å². The summed E-state index contributed by atoms with van der Waals surface area (Å²) in [6, 6.07) is 11.7. The maximum Gasteiger partial charge on any atom is 0.244 e. The van der Waals surface area contributed by atoms with Gasteiger partial charge in [-0.2, -0.15) is 5.10 Å². The van der Waals surface area contributed by atoms with E-state index in [1.807, 2.05) is 65.0 Å². The molecule has 0 fully saturated rings. The summed E-state index contributed by atoms with van der Waals surface area (Å²) in [7, 11) is 0. The highest BCUT2D eigenvalue weighted by atomic mass is 16.5. The van der Waals surface area contributed by atoms with Gasteiger partial charge in [-0.25, -0.2) is 5.43 Å². The number of ether oxygens (including phenoxy) is 2. The molecule has 2 aromatic carbocycles. The molecule has 0 aromatic heterocycles. The van der Waals surface area contributed by atoms with Crippen molar-refractivity contribution in [1.29, 1.82) is 0 Å². The highest BCUT2D eigenvalue weighted by Gasteiger charge is 2.09. The molecule has 1 amide bonds. The van der Waals surface area contributed by atoms with Crippen molar-refractivity contribution in [2.45, 2.75) is 41.0 Å². The molecule has 27 heavy (non-hydrogen) atoms. The first-order valence-corrected chi connectivity index (χ1v) is 9.23. The predicted octanol–water partition coefficient (Wildman–Crippen LogP) is 4.18. The van der Waals surface area contributed by atoms with Crippen LogP contribution in [-0.2, 0) is 11.2 Å². The zero-order chi connectivity index (χ0) is 19.8. The molecule has 0 atom stereocenters. The van der Waals surface area contributed by atoms with E-state index < -0.39 is 0 Å². The zero-order valence-corrected chi connectivity index (χ0v) is 16.8. The number of carbonyl (C=O) groups is 1. The van der Waals surface area contributed by atoms with E-state index in [9.17, 15) is 4.79 Å². The van der Waals surface area contributed by atoms with Crippen LogP contribution in [0.2, 0.25) is 0 Å². The molecule has 0 unspecified atom stereocenters. The molecule has 144 valence electrons. The van der Waals surface area contributed by atoms with E-state index >= 15 is 0 Å². The zero-order valence-electron chi connectivity index (χ0n) is 16.8. The fourth-order valence-electron chi connectivity index (χ4n) is 2.74. The fraction of sp³-hybridized carbons (Fsp3) is 0.364. The number of carbonyl (C=O) groups excluding carboxylic acids is 1. The van der Waals surface area contributed by atoms with Crippen molar-refractivity contribution in [3.8, 4) is 11.5 Å². The third-order valence-corrected chi connectivity index (χ3v) is 4.16. The van der Waals surface area contributed by atoms with Crippen LogP contribution < -0.4 is 14.9 Å². The Labute approximate surface area is 161 Å². The first kappa shape index (κ1) is 20.5. The van der Waals surface area contributed by atoms with Crippen LogP contribution >= 0.6 is 0 Å². The second-order valence-corrected chi connectivity index (χ2v) is 6.37. The largest absolute Gasteiger partial charge is 0.490 e. The van der Waals surface area contributed by atoms with E-state index in [-0.39, 0.29) is 5.91 Å². The van der Waals surface area contributed by atoms with Gasteiger partial charge in [-0.05, 0) is 63.9 Å². The first-order chi connectivity index (χ1) is 12.9. The molecule has 0 aliphatic heterocycles. The minimum Gasteiger partial charge on any atom is -0.490 e. The third kappa shape index (κ3) is 5.84. The lowest BCUT2D eigenvalue weighted by molar-refractivity contribution is -0.120. The van der Waals surface area contributed by atoms with Gasteiger partial charge < -0.3 is 9.47 Å². The molecule has 0 saturated carbocycles. The van der Waals surface area contributed by atoms with Crippen LogP contribution in [0.1, 0.15) is 43.0 Å². The highest BCUT2D eigenvalue weighted by molar-refractivity contribution is 5.99. The quantitative estimate of drug-likeness (QED) is 0.562. The van der Waals surface area contributed by atoms with Gasteiger partial charge in [0.25, 0.3) is 0 Å². The van der Waals surface area contributed by atoms with Crippen molar-refractivity contribution < 1.29 is 14.3 Å². The van der Waals surface area contributed by atoms with E-state index in [1.165, 1.54) is 5.56 Å². The highest BCUT2D eigenvalue weighted by Crippen LogP contribution is 2.28. The van der Waals surface area contributed by atoms with E-state index in [0.29, 0.717) is 36.8 Å². The molecule has 2 rings (SSSR count).